The van der Waals surface area contributed by atoms with E-state index in [9.17, 15) is 38.4 Å². The highest BCUT2D eigenvalue weighted by atomic mass is 16.6. The van der Waals surface area contributed by atoms with Crippen molar-refractivity contribution in [1.29, 1.82) is 0 Å². The zero-order chi connectivity index (χ0) is 75.2. The molecule has 0 N–H and O–H groups in total. The normalized spacial score (nSPS) is 18.3. The Morgan fingerprint density at radius 1 is 0.241 bits per heavy atom. The van der Waals surface area contributed by atoms with Crippen LogP contribution < -0.4 is 37.9 Å². The van der Waals surface area contributed by atoms with Gasteiger partial charge in [0.15, 0.2) is 0 Å². The summed E-state index contributed by atoms with van der Waals surface area (Å²) in [5.41, 5.74) is 8.48. The molecule has 8 aromatic rings. The van der Waals surface area contributed by atoms with Gasteiger partial charge < -0.3 is 37.9 Å². The minimum atomic E-state index is -1.23. The first-order valence-electron chi connectivity index (χ1n) is 37.7. The smallest absolute Gasteiger partial charge is 0.335 e. The summed E-state index contributed by atoms with van der Waals surface area (Å²) in [5, 5.41) is 0. The molecule has 4 unspecified atom stereocenters. The average molecular weight is 1450 g/mol. The minimum Gasteiger partial charge on any atom is -0.428 e. The highest BCUT2D eigenvalue weighted by Gasteiger charge is 2.39. The molecule has 4 atom stereocenters. The van der Waals surface area contributed by atoms with Gasteiger partial charge in [-0.3, -0.25) is 19.2 Å². The van der Waals surface area contributed by atoms with Gasteiger partial charge in [0, 0.05) is 117 Å². The van der Waals surface area contributed by atoms with Gasteiger partial charge in [0.1, 0.15) is 46.0 Å². The van der Waals surface area contributed by atoms with Crippen LogP contribution in [0.4, 0.5) is 0 Å². The summed E-state index contributed by atoms with van der Waals surface area (Å²) in [7, 11) is 0. The zero-order valence-corrected chi connectivity index (χ0v) is 60.6. The van der Waals surface area contributed by atoms with Gasteiger partial charge in [-0.25, -0.2) is 19.2 Å². The predicted molar refractivity (Wildman–Crippen MR) is 409 cm³/mol. The van der Waals surface area contributed by atoms with E-state index in [0.29, 0.717) is 22.3 Å². The van der Waals surface area contributed by atoms with E-state index in [0.717, 1.165) is 175 Å². The van der Waals surface area contributed by atoms with Crippen molar-refractivity contribution < 1.29 is 76.3 Å². The molecule has 16 nitrogen and oxygen atoms in total. The highest BCUT2D eigenvalue weighted by molar-refractivity contribution is 5.87. The molecular formula is C92H88O16. The highest BCUT2D eigenvalue weighted by Crippen LogP contribution is 2.56. The molecule has 0 saturated heterocycles. The summed E-state index contributed by atoms with van der Waals surface area (Å²) in [6.45, 7) is 16.2. The largest absolute Gasteiger partial charge is 0.428 e. The number of carbonyl (C=O) groups excluding carboxylic acids is 8. The lowest BCUT2D eigenvalue weighted by Crippen LogP contribution is -2.19. The molecule has 4 saturated carbocycles. The van der Waals surface area contributed by atoms with Crippen LogP contribution in [0.1, 0.15) is 265 Å². The Bertz CT molecular complexity index is 4410. The van der Waals surface area contributed by atoms with Crippen LogP contribution in [0.15, 0.2) is 196 Å². The topological polar surface area (TPSA) is 210 Å². The van der Waals surface area contributed by atoms with Crippen LogP contribution in [0, 0.1) is 0 Å². The standard InChI is InChI=1S/C92H88O16/c1-5-85(97)105-81-50-79(103-55-95)71-46-73(81)91(67-41-33-63(34-42-67)59-25-17-11-18-26-59)75-48-76(84(108-88(100)8-4)52-83(75)107-87(99)7-3)92(68-43-35-64(36-44-68)60-27-19-12-20-28-60)74-47-72(80(104-56-96)51-82(74)106-86(98)6-2)90(66-39-31-62(32-40-66)58-23-15-10-16-24-58)70-45-69(77(101-53-93)49-78(70)102-54-94)89(71)65-37-29-61(30-38-65)57-21-13-9-14-22-57/h5-8,29-60,89-92H,1-4,9-28H2. The molecule has 8 bridgehead atoms. The van der Waals surface area contributed by atoms with Crippen LogP contribution in [0.5, 0.6) is 46.0 Å². The molecule has 0 spiro atoms. The van der Waals surface area contributed by atoms with E-state index in [1.165, 1.54) is 24.3 Å². The molecule has 8 aromatic carbocycles. The van der Waals surface area contributed by atoms with Gasteiger partial charge in [-0.2, -0.15) is 0 Å². The number of benzene rings is 8. The van der Waals surface area contributed by atoms with Crippen molar-refractivity contribution in [2.45, 2.75) is 176 Å². The molecule has 0 amide bonds. The van der Waals surface area contributed by atoms with E-state index < -0.39 is 47.5 Å². The number of ether oxygens (including phenoxy) is 8. The van der Waals surface area contributed by atoms with Gasteiger partial charge in [0.05, 0.1) is 0 Å². The number of fused-ring (bicyclic) bond motifs is 8. The van der Waals surface area contributed by atoms with Gasteiger partial charge in [-0.1, -0.05) is 200 Å². The number of hydrogen-bond donors (Lipinski definition) is 0. The van der Waals surface area contributed by atoms with Gasteiger partial charge in [0.25, 0.3) is 25.9 Å². The molecule has 4 fully saturated rings. The van der Waals surface area contributed by atoms with Crippen LogP contribution in [0.3, 0.4) is 0 Å². The first kappa shape index (κ1) is 74.7. The molecule has 552 valence electrons. The van der Waals surface area contributed by atoms with Gasteiger partial charge in [-0.15, -0.1) is 0 Å². The Morgan fingerprint density at radius 2 is 0.407 bits per heavy atom. The van der Waals surface area contributed by atoms with Crippen molar-refractivity contribution in [3.8, 4) is 46.0 Å². The molecule has 0 aromatic heterocycles. The summed E-state index contributed by atoms with van der Waals surface area (Å²) in [4.78, 5) is 111. The Morgan fingerprint density at radius 3 is 0.593 bits per heavy atom. The van der Waals surface area contributed by atoms with Crippen molar-refractivity contribution in [2.24, 2.45) is 0 Å². The molecule has 0 radical (unpaired) electrons. The molecule has 5 aliphatic carbocycles. The van der Waals surface area contributed by atoms with Crippen LogP contribution in [-0.4, -0.2) is 49.8 Å². The lowest BCUT2D eigenvalue weighted by molar-refractivity contribution is -0.130. The van der Waals surface area contributed by atoms with Crippen molar-refractivity contribution in [2.75, 3.05) is 0 Å². The van der Waals surface area contributed by atoms with Crippen LogP contribution in [-0.2, 0) is 38.4 Å². The van der Waals surface area contributed by atoms with E-state index in [2.05, 4.69) is 74.8 Å². The van der Waals surface area contributed by atoms with Gasteiger partial charge in [0.2, 0.25) is 0 Å². The third kappa shape index (κ3) is 16.4. The lowest BCUT2D eigenvalue weighted by atomic mass is 9.74. The fraction of sp³-hybridized carbons (Fsp3) is 0.304. The molecule has 13 rings (SSSR count). The predicted octanol–water partition coefficient (Wildman–Crippen LogP) is 19.4. The quantitative estimate of drug-likeness (QED) is 0.0238. The number of rotatable bonds is 24. The average Bonchev–Trinajstić information content (AvgIpc) is 0.731. The molecule has 0 aliphatic heterocycles. The Labute approximate surface area is 629 Å². The molecular weight excluding hydrogens is 1360 g/mol. The van der Waals surface area contributed by atoms with Crippen molar-refractivity contribution in [3.63, 3.8) is 0 Å². The fourth-order valence-electron chi connectivity index (χ4n) is 17.4. The first-order chi connectivity index (χ1) is 52.8. The zero-order valence-electron chi connectivity index (χ0n) is 60.6. The third-order valence-corrected chi connectivity index (χ3v) is 22.7. The van der Waals surface area contributed by atoms with E-state index in [-0.39, 0.29) is 140 Å². The summed E-state index contributed by atoms with van der Waals surface area (Å²) < 4.78 is 50.4. The summed E-state index contributed by atoms with van der Waals surface area (Å²) in [6, 6.07) is 45.0. The Hall–Kier alpha value is -11.5. The fourth-order valence-corrected chi connectivity index (χ4v) is 17.4. The summed E-state index contributed by atoms with van der Waals surface area (Å²) >= 11 is 0. The molecule has 16 heteroatoms. The Kier molecular flexibility index (Phi) is 24.1. The second-order valence-electron chi connectivity index (χ2n) is 28.8. The van der Waals surface area contributed by atoms with Crippen molar-refractivity contribution in [1.82, 2.24) is 0 Å². The monoisotopic (exact) mass is 1450 g/mol. The Balaban J connectivity index is 1.25. The van der Waals surface area contributed by atoms with Crippen molar-refractivity contribution in [3.05, 3.63) is 285 Å². The summed E-state index contributed by atoms with van der Waals surface area (Å²) in [5.74, 6) is -8.47. The van der Waals surface area contributed by atoms with E-state index >= 15 is 0 Å². The molecule has 5 aliphatic rings. The van der Waals surface area contributed by atoms with Crippen LogP contribution >= 0.6 is 0 Å². The second-order valence-corrected chi connectivity index (χ2v) is 28.8. The summed E-state index contributed by atoms with van der Waals surface area (Å²) in [6.07, 6.45) is 24.7. The number of esters is 4. The second kappa shape index (κ2) is 34.8. The number of hydrogen-bond acceptors (Lipinski definition) is 16. The van der Waals surface area contributed by atoms with E-state index in [1.54, 1.807) is 24.3 Å². The number of carbonyl (C=O) groups is 8. The van der Waals surface area contributed by atoms with E-state index in [4.69, 9.17) is 37.9 Å². The van der Waals surface area contributed by atoms with E-state index in [1.807, 2.05) is 48.5 Å². The van der Waals surface area contributed by atoms with Gasteiger partial charge >= 0.3 is 23.9 Å². The lowest BCUT2D eigenvalue weighted by Gasteiger charge is -2.32. The third-order valence-electron chi connectivity index (χ3n) is 22.7. The first-order valence-corrected chi connectivity index (χ1v) is 37.7. The maximum absolute atomic E-state index is 14.4. The van der Waals surface area contributed by atoms with Gasteiger partial charge in [-0.05, 0) is 144 Å². The van der Waals surface area contributed by atoms with Crippen molar-refractivity contribution >= 4 is 49.8 Å². The molecule has 108 heavy (non-hydrogen) atoms. The molecule has 0 heterocycles. The minimum absolute atomic E-state index is 0.100. The SMILES string of the molecule is C=CC(=O)Oc1cc(OC=O)c2cc1C(c1ccc(C3CCCCC3)cc1)c1cc(c(OC(=O)C=C)cc1OC(=O)C=C)C(c1ccc(C3CCCCC3)cc1)c1cc(c(OC=O)cc1OC(=O)C=C)C(c1ccc(C3CCCCC3)cc1)c1cc(c(OC=O)cc1OC=O)C2c1ccc(C2CCCCC2)cc1. The maximum Gasteiger partial charge on any atom is 0.335 e. The maximum atomic E-state index is 14.4. The van der Waals surface area contributed by atoms with Crippen LogP contribution in [0.2, 0.25) is 0 Å². The van der Waals surface area contributed by atoms with Crippen LogP contribution in [0.25, 0.3) is 0 Å².